The summed E-state index contributed by atoms with van der Waals surface area (Å²) in [5.74, 6) is 0.807. The van der Waals surface area contributed by atoms with Crippen LogP contribution in [0.15, 0.2) is 24.3 Å². The first-order valence-corrected chi connectivity index (χ1v) is 9.19. The summed E-state index contributed by atoms with van der Waals surface area (Å²) in [6.07, 6.45) is 2.38. The molecule has 25 heavy (non-hydrogen) atoms. The molecule has 0 spiro atoms. The molecule has 3 N–H and O–H groups in total. The predicted molar refractivity (Wildman–Crippen MR) is 99.6 cm³/mol. The Balaban J connectivity index is 1.65. The lowest BCUT2D eigenvalue weighted by atomic mass is 9.54. The van der Waals surface area contributed by atoms with Crippen LogP contribution in [0.5, 0.6) is 5.75 Å². The van der Waals surface area contributed by atoms with Gasteiger partial charge in [-0.3, -0.25) is 4.79 Å². The molecule has 0 radical (unpaired) electrons. The van der Waals surface area contributed by atoms with Crippen molar-refractivity contribution in [1.82, 2.24) is 5.32 Å². The fourth-order valence-corrected chi connectivity index (χ4v) is 3.23. The lowest BCUT2D eigenvalue weighted by Gasteiger charge is -2.57. The molecule has 0 saturated heterocycles. The Morgan fingerprint density at radius 2 is 1.96 bits per heavy atom. The fourth-order valence-electron chi connectivity index (χ4n) is 3.23. The molecule has 2 atom stereocenters. The third-order valence-electron chi connectivity index (χ3n) is 5.38. The van der Waals surface area contributed by atoms with Crippen molar-refractivity contribution in [3.63, 3.8) is 0 Å². The van der Waals surface area contributed by atoms with Gasteiger partial charge in [-0.1, -0.05) is 31.5 Å². The first-order chi connectivity index (χ1) is 11.8. The van der Waals surface area contributed by atoms with E-state index in [1.54, 1.807) is 0 Å². The highest BCUT2D eigenvalue weighted by Crippen LogP contribution is 2.49. The minimum atomic E-state index is -0.842. The maximum Gasteiger partial charge on any atom is 0.240 e. The van der Waals surface area contributed by atoms with Crippen LogP contribution in [0.25, 0.3) is 0 Å². The molecule has 1 aliphatic carbocycles. The molecule has 140 valence electrons. The SMILES string of the molecule is CCOC1CC(N)(C(=O)NCCCCOc2ccc(C)cc2)C1(C)C. The number of amides is 1. The molecule has 2 unspecified atom stereocenters. The zero-order chi connectivity index (χ0) is 18.5. The molecule has 1 fully saturated rings. The Morgan fingerprint density at radius 3 is 2.56 bits per heavy atom. The molecule has 0 aliphatic heterocycles. The van der Waals surface area contributed by atoms with Crippen LogP contribution in [0.1, 0.15) is 45.6 Å². The number of hydrogen-bond donors (Lipinski definition) is 2. The van der Waals surface area contributed by atoms with Gasteiger partial charge in [0.05, 0.1) is 12.7 Å². The van der Waals surface area contributed by atoms with Crippen LogP contribution >= 0.6 is 0 Å². The normalized spacial score (nSPS) is 24.4. The monoisotopic (exact) mass is 348 g/mol. The van der Waals surface area contributed by atoms with E-state index in [4.69, 9.17) is 15.2 Å². The molecule has 0 aromatic heterocycles. The highest BCUT2D eigenvalue weighted by molar-refractivity contribution is 5.88. The molecule has 5 nitrogen and oxygen atoms in total. The first-order valence-electron chi connectivity index (χ1n) is 9.19. The molecule has 1 aliphatic rings. The van der Waals surface area contributed by atoms with Crippen molar-refractivity contribution < 1.29 is 14.3 Å². The molecule has 1 amide bonds. The van der Waals surface area contributed by atoms with E-state index in [9.17, 15) is 4.79 Å². The van der Waals surface area contributed by atoms with Crippen molar-refractivity contribution in [2.24, 2.45) is 11.1 Å². The van der Waals surface area contributed by atoms with Crippen LogP contribution in [0, 0.1) is 12.3 Å². The van der Waals surface area contributed by atoms with Gasteiger partial charge in [0.1, 0.15) is 11.3 Å². The molecule has 5 heteroatoms. The number of ether oxygens (including phenoxy) is 2. The number of carbonyl (C=O) groups is 1. The summed E-state index contributed by atoms with van der Waals surface area (Å²) in [7, 11) is 0. The van der Waals surface area contributed by atoms with Crippen LogP contribution in [0.4, 0.5) is 0 Å². The van der Waals surface area contributed by atoms with Gasteiger partial charge >= 0.3 is 0 Å². The van der Waals surface area contributed by atoms with Crippen molar-refractivity contribution in [1.29, 1.82) is 0 Å². The molecule has 1 aromatic carbocycles. The van der Waals surface area contributed by atoms with Gasteiger partial charge in [-0.05, 0) is 38.8 Å². The largest absolute Gasteiger partial charge is 0.494 e. The summed E-state index contributed by atoms with van der Waals surface area (Å²) >= 11 is 0. The van der Waals surface area contributed by atoms with Gasteiger partial charge in [-0.25, -0.2) is 0 Å². The lowest BCUT2D eigenvalue weighted by Crippen LogP contribution is -2.75. The molecular formula is C20H32N2O3. The molecular weight excluding hydrogens is 316 g/mol. The zero-order valence-electron chi connectivity index (χ0n) is 15.9. The Bertz CT molecular complexity index is 571. The standard InChI is InChI=1S/C20H32N2O3/c1-5-24-17-14-20(21,19(17,3)4)18(23)22-12-6-7-13-25-16-10-8-15(2)9-11-16/h8-11,17H,5-7,12-14,21H2,1-4H3,(H,22,23). The second kappa shape index (κ2) is 8.19. The minimum absolute atomic E-state index is 0.0520. The maximum atomic E-state index is 12.5. The highest BCUT2D eigenvalue weighted by atomic mass is 16.5. The van der Waals surface area contributed by atoms with Crippen LogP contribution in [-0.4, -0.2) is 37.3 Å². The van der Waals surface area contributed by atoms with E-state index >= 15 is 0 Å². The topological polar surface area (TPSA) is 73.6 Å². The van der Waals surface area contributed by atoms with Crippen LogP contribution in [-0.2, 0) is 9.53 Å². The summed E-state index contributed by atoms with van der Waals surface area (Å²) < 4.78 is 11.4. The quantitative estimate of drug-likeness (QED) is 0.673. The first kappa shape index (κ1) is 19.7. The summed E-state index contributed by atoms with van der Waals surface area (Å²) in [4.78, 5) is 12.5. The van der Waals surface area contributed by atoms with E-state index in [0.717, 1.165) is 18.6 Å². The van der Waals surface area contributed by atoms with Crippen molar-refractivity contribution in [3.05, 3.63) is 29.8 Å². The van der Waals surface area contributed by atoms with E-state index < -0.39 is 5.54 Å². The number of unbranched alkanes of at least 4 members (excludes halogenated alkanes) is 1. The van der Waals surface area contributed by atoms with Crippen molar-refractivity contribution in [2.75, 3.05) is 19.8 Å². The number of carbonyl (C=O) groups excluding carboxylic acids is 1. The predicted octanol–water partition coefficient (Wildman–Crippen LogP) is 2.80. The van der Waals surface area contributed by atoms with Gasteiger partial charge in [0.25, 0.3) is 0 Å². The van der Waals surface area contributed by atoms with Gasteiger partial charge in [-0.15, -0.1) is 0 Å². The van der Waals surface area contributed by atoms with Crippen molar-refractivity contribution in [3.8, 4) is 5.75 Å². The van der Waals surface area contributed by atoms with Gasteiger partial charge in [0, 0.05) is 25.0 Å². The Labute approximate surface area is 151 Å². The molecule has 2 rings (SSSR count). The van der Waals surface area contributed by atoms with Gasteiger partial charge in [0.2, 0.25) is 5.91 Å². The minimum Gasteiger partial charge on any atom is -0.494 e. The molecule has 0 bridgehead atoms. The molecule has 0 heterocycles. The number of hydrogen-bond acceptors (Lipinski definition) is 4. The van der Waals surface area contributed by atoms with E-state index in [0.29, 0.717) is 26.2 Å². The van der Waals surface area contributed by atoms with E-state index in [1.165, 1.54) is 5.56 Å². The Morgan fingerprint density at radius 1 is 1.28 bits per heavy atom. The third kappa shape index (κ3) is 4.33. The number of nitrogens with one attached hydrogen (secondary N) is 1. The van der Waals surface area contributed by atoms with Crippen LogP contribution in [0.2, 0.25) is 0 Å². The number of benzene rings is 1. The van der Waals surface area contributed by atoms with Gasteiger partial charge in [-0.2, -0.15) is 0 Å². The second-order valence-electron chi connectivity index (χ2n) is 7.47. The number of nitrogens with two attached hydrogens (primary N) is 1. The van der Waals surface area contributed by atoms with Crippen LogP contribution in [0.3, 0.4) is 0 Å². The van der Waals surface area contributed by atoms with Crippen molar-refractivity contribution >= 4 is 5.91 Å². The maximum absolute atomic E-state index is 12.5. The van der Waals surface area contributed by atoms with Crippen LogP contribution < -0.4 is 15.8 Å². The summed E-state index contributed by atoms with van der Waals surface area (Å²) in [6, 6.07) is 8.02. The average molecular weight is 348 g/mol. The smallest absolute Gasteiger partial charge is 0.240 e. The summed E-state index contributed by atoms with van der Waals surface area (Å²) in [6.45, 7) is 9.93. The zero-order valence-corrected chi connectivity index (χ0v) is 15.9. The average Bonchev–Trinajstić information content (AvgIpc) is 2.58. The fraction of sp³-hybridized carbons (Fsp3) is 0.650. The highest BCUT2D eigenvalue weighted by Gasteiger charge is 2.62. The molecule has 1 aromatic rings. The molecule has 1 saturated carbocycles. The van der Waals surface area contributed by atoms with E-state index in [-0.39, 0.29) is 17.4 Å². The third-order valence-corrected chi connectivity index (χ3v) is 5.38. The van der Waals surface area contributed by atoms with Gasteiger partial charge < -0.3 is 20.5 Å². The Kier molecular flexibility index (Phi) is 6.47. The lowest BCUT2D eigenvalue weighted by molar-refractivity contribution is -0.170. The number of aryl methyl sites for hydroxylation is 1. The second-order valence-corrected chi connectivity index (χ2v) is 7.47. The van der Waals surface area contributed by atoms with Crippen molar-refractivity contribution in [2.45, 2.75) is 58.6 Å². The van der Waals surface area contributed by atoms with E-state index in [1.807, 2.05) is 45.0 Å². The summed E-state index contributed by atoms with van der Waals surface area (Å²) in [5.41, 5.74) is 6.39. The summed E-state index contributed by atoms with van der Waals surface area (Å²) in [5, 5.41) is 2.97. The Hall–Kier alpha value is -1.59. The van der Waals surface area contributed by atoms with E-state index in [2.05, 4.69) is 12.2 Å². The van der Waals surface area contributed by atoms with Gasteiger partial charge in [0.15, 0.2) is 0 Å². The number of rotatable bonds is 9.